The monoisotopic (exact) mass is 933 g/mol. The lowest BCUT2D eigenvalue weighted by Gasteiger charge is -2.30. The number of primary amides is 1. The van der Waals surface area contributed by atoms with Gasteiger partial charge in [-0.2, -0.15) is 0 Å². The van der Waals surface area contributed by atoms with Crippen LogP contribution in [0, 0.1) is 10.8 Å². The number of unbranched alkanes of at least 4 members (excludes halogenated alkanes) is 1. The minimum Gasteiger partial charge on any atom is -0.481 e. The molecule has 0 fully saturated rings. The summed E-state index contributed by atoms with van der Waals surface area (Å²) >= 11 is 3.82. The molecular formula is C44H84N8O11S. The Hall–Kier alpha value is -4.18. The van der Waals surface area contributed by atoms with Crippen LogP contribution in [0.5, 0.6) is 0 Å². The lowest BCUT2D eigenvalue weighted by molar-refractivity contribution is -0.150. The number of aliphatic carboxylic acids is 2. The van der Waals surface area contributed by atoms with Gasteiger partial charge in [0.25, 0.3) is 5.91 Å². The van der Waals surface area contributed by atoms with E-state index in [1.165, 1.54) is 13.8 Å². The highest BCUT2D eigenvalue weighted by Gasteiger charge is 2.39. The van der Waals surface area contributed by atoms with Crippen molar-refractivity contribution < 1.29 is 53.2 Å². The highest BCUT2D eigenvalue weighted by atomic mass is 32.1. The van der Waals surface area contributed by atoms with Crippen molar-refractivity contribution in [1.29, 1.82) is 0 Å². The summed E-state index contributed by atoms with van der Waals surface area (Å²) in [5.74, 6) is -2.39. The summed E-state index contributed by atoms with van der Waals surface area (Å²) in [5.41, 5.74) is 5.67. The van der Waals surface area contributed by atoms with Crippen LogP contribution < -0.4 is 42.6 Å². The van der Waals surface area contributed by atoms with Gasteiger partial charge in [-0.3, -0.25) is 33.6 Å². The van der Waals surface area contributed by atoms with Crippen LogP contribution in [0.4, 0.5) is 5.69 Å². The second-order valence-corrected chi connectivity index (χ2v) is 16.4. The molecule has 64 heavy (non-hydrogen) atoms. The first kappa shape index (κ1) is 66.4. The minimum absolute atomic E-state index is 0.0130. The van der Waals surface area contributed by atoms with E-state index in [9.17, 15) is 28.8 Å². The van der Waals surface area contributed by atoms with Crippen molar-refractivity contribution in [3.63, 3.8) is 0 Å². The molecule has 11 N–H and O–H groups in total. The molecule has 0 aliphatic rings. The Balaban J connectivity index is -0.000000404. The predicted molar refractivity (Wildman–Crippen MR) is 256 cm³/mol. The van der Waals surface area contributed by atoms with E-state index in [1.54, 1.807) is 13.8 Å². The molecule has 1 aromatic rings. The fourth-order valence-electron chi connectivity index (χ4n) is 5.28. The van der Waals surface area contributed by atoms with Crippen LogP contribution in [0.25, 0.3) is 0 Å². The largest absolute Gasteiger partial charge is 0.481 e. The molecule has 19 nitrogen and oxygen atoms in total. The molecule has 0 aromatic heterocycles. The van der Waals surface area contributed by atoms with Crippen molar-refractivity contribution in [1.82, 2.24) is 31.5 Å². The van der Waals surface area contributed by atoms with E-state index in [-0.39, 0.29) is 36.9 Å². The number of benzene rings is 1. The zero-order valence-electron chi connectivity index (χ0n) is 40.9. The molecule has 1 rings (SSSR count). The number of rotatable bonds is 29. The smallest absolute Gasteiger partial charge is 0.322 e. The second kappa shape index (κ2) is 38.1. The average molecular weight is 933 g/mol. The zero-order valence-corrected chi connectivity index (χ0v) is 41.8. The van der Waals surface area contributed by atoms with Gasteiger partial charge in [0, 0.05) is 49.3 Å². The Labute approximate surface area is 388 Å². The average Bonchev–Trinajstić information content (AvgIpc) is 3.23. The maximum atomic E-state index is 11.9. The number of carboxylic acid groups (broad SMARTS) is 2. The van der Waals surface area contributed by atoms with Crippen molar-refractivity contribution in [3.05, 3.63) is 29.8 Å². The van der Waals surface area contributed by atoms with E-state index in [1.807, 2.05) is 79.7 Å². The molecule has 0 atom stereocenters. The third-order valence-corrected chi connectivity index (χ3v) is 9.01. The molecule has 0 saturated heterocycles. The second-order valence-electron chi connectivity index (χ2n) is 16.2. The molecule has 1 aromatic carbocycles. The minimum atomic E-state index is -1.13. The number of Topliss-reactive ketones (excluding diaryl/α,β-unsaturated/α-hetero) is 2. The number of likely N-dealkylation sites (N-methyl/N-ethyl adjacent to an activating group) is 1. The van der Waals surface area contributed by atoms with Crippen molar-refractivity contribution in [2.24, 2.45) is 16.6 Å². The molecular weight excluding hydrogens is 849 g/mol. The molecule has 372 valence electrons. The van der Waals surface area contributed by atoms with Gasteiger partial charge in [-0.15, -0.1) is 0 Å². The SMILES string of the molecule is CC.CC(C)(CC(C)(C)C(=O)NCC(=O)O)C(=O)O.CCCCNC(=O)c1ccc(NCCNNS)cc1.CCNC(C)(C)C(=O)COCCOCCNC(C)(C)C(=O)CC.NC=O. The lowest BCUT2D eigenvalue weighted by Crippen LogP contribution is -2.48. The summed E-state index contributed by atoms with van der Waals surface area (Å²) in [6.45, 7) is 28.2. The Bertz CT molecular complexity index is 1460. The standard InChI is InChI=1S/C17H34N2O4.C13H22N4OS.C11H19NO5.C2H6.CH3NO/c1-7-14(20)16(3,4)19-9-10-22-11-12-23-13-15(21)17(5,6)18-8-2;1-2-3-8-15-13(18)11-4-6-12(7-5-11)14-9-10-16-17-19;1-10(2,6-11(3,4)9(16)17)8(15)12-5-7(13)14;1-2;2-1-3/h18-19H,7-13H2,1-6H3;4-7,14,16-17,19H,2-3,8-10H2,1H3,(H,15,18);5-6H2,1-4H3,(H,12,15)(H,13,14)(H,16,17);1-2H3;1H,(H2,2,3). The van der Waals surface area contributed by atoms with E-state index in [0.717, 1.165) is 44.7 Å². The number of nitrogens with two attached hydrogens (primary N) is 1. The number of ketones is 2. The molecule has 0 radical (unpaired) electrons. The number of thiol groups is 1. The molecule has 0 spiro atoms. The van der Waals surface area contributed by atoms with Crippen LogP contribution in [0.3, 0.4) is 0 Å². The summed E-state index contributed by atoms with van der Waals surface area (Å²) in [7, 11) is 0. The van der Waals surface area contributed by atoms with E-state index in [4.69, 9.17) is 24.5 Å². The Morgan fingerprint density at radius 2 is 1.28 bits per heavy atom. The fraction of sp³-hybridized carbons (Fsp3) is 0.705. The van der Waals surface area contributed by atoms with Crippen LogP contribution in [0.2, 0.25) is 0 Å². The summed E-state index contributed by atoms with van der Waals surface area (Å²) in [5, 5.41) is 32.1. The van der Waals surface area contributed by atoms with Gasteiger partial charge in [-0.25, -0.2) is 10.3 Å². The summed E-state index contributed by atoms with van der Waals surface area (Å²) in [6, 6.07) is 7.47. The Morgan fingerprint density at radius 3 is 1.77 bits per heavy atom. The molecule has 0 heterocycles. The summed E-state index contributed by atoms with van der Waals surface area (Å²) < 4.78 is 10.8. The van der Waals surface area contributed by atoms with Gasteiger partial charge in [0.1, 0.15) is 13.2 Å². The quantitative estimate of drug-likeness (QED) is 0.0236. The summed E-state index contributed by atoms with van der Waals surface area (Å²) in [4.78, 5) is 79.5. The lowest BCUT2D eigenvalue weighted by atomic mass is 9.74. The molecule has 0 saturated carbocycles. The van der Waals surface area contributed by atoms with Crippen molar-refractivity contribution in [3.8, 4) is 0 Å². The number of ether oxygens (including phenoxy) is 2. The van der Waals surface area contributed by atoms with Gasteiger partial charge in [0.2, 0.25) is 12.3 Å². The van der Waals surface area contributed by atoms with Gasteiger partial charge in [-0.1, -0.05) is 67.7 Å². The number of hydrazine groups is 1. The van der Waals surface area contributed by atoms with Crippen LogP contribution in [-0.2, 0) is 38.2 Å². The molecule has 0 unspecified atom stereocenters. The molecule has 0 aliphatic heterocycles. The Kier molecular flexibility index (Phi) is 39.6. The highest BCUT2D eigenvalue weighted by Crippen LogP contribution is 2.34. The van der Waals surface area contributed by atoms with Gasteiger partial charge < -0.3 is 52.0 Å². The molecule has 0 bridgehead atoms. The van der Waals surface area contributed by atoms with E-state index < -0.39 is 46.3 Å². The maximum absolute atomic E-state index is 11.9. The van der Waals surface area contributed by atoms with Crippen LogP contribution >= 0.6 is 12.8 Å². The molecule has 20 heteroatoms. The van der Waals surface area contributed by atoms with Crippen molar-refractivity contribution >= 4 is 60.2 Å². The number of carboxylic acids is 2. The third-order valence-electron chi connectivity index (χ3n) is 8.85. The van der Waals surface area contributed by atoms with Crippen LogP contribution in [0.1, 0.15) is 126 Å². The van der Waals surface area contributed by atoms with Crippen molar-refractivity contribution in [2.45, 2.75) is 127 Å². The van der Waals surface area contributed by atoms with Gasteiger partial charge in [0.05, 0.1) is 36.3 Å². The zero-order chi connectivity index (χ0) is 50.4. The predicted octanol–water partition coefficient (Wildman–Crippen LogP) is 3.73. The number of hydrogen-bond acceptors (Lipinski definition) is 15. The topological polar surface area (TPSA) is 289 Å². The number of carbonyl (C=O) groups is 7. The van der Waals surface area contributed by atoms with E-state index in [2.05, 4.69) is 62.3 Å². The van der Waals surface area contributed by atoms with E-state index in [0.29, 0.717) is 38.3 Å². The van der Waals surface area contributed by atoms with Crippen molar-refractivity contribution in [2.75, 3.05) is 71.0 Å². The number of amides is 3. The number of carbonyl (C=O) groups excluding carboxylic acids is 5. The highest BCUT2D eigenvalue weighted by molar-refractivity contribution is 7.78. The number of anilines is 1. The van der Waals surface area contributed by atoms with Crippen LogP contribution in [0.15, 0.2) is 24.3 Å². The van der Waals surface area contributed by atoms with Gasteiger partial charge in [0.15, 0.2) is 11.6 Å². The molecule has 0 aliphatic carbocycles. The summed E-state index contributed by atoms with van der Waals surface area (Å²) in [6.07, 6.45) is 2.99. The fourth-order valence-corrected chi connectivity index (χ4v) is 5.40. The van der Waals surface area contributed by atoms with Crippen LogP contribution in [-0.4, -0.2) is 129 Å². The first-order valence-corrected chi connectivity index (χ1v) is 22.1. The van der Waals surface area contributed by atoms with E-state index >= 15 is 0 Å². The third kappa shape index (κ3) is 34.3. The maximum Gasteiger partial charge on any atom is 0.322 e. The first-order chi connectivity index (χ1) is 29.8. The van der Waals surface area contributed by atoms with Gasteiger partial charge in [-0.05, 0) is 85.2 Å². The first-order valence-electron chi connectivity index (χ1n) is 21.7. The Morgan fingerprint density at radius 1 is 0.734 bits per heavy atom. The number of nitrogens with one attached hydrogen (secondary N) is 7. The normalized spacial score (nSPS) is 11.0. The molecule has 3 amide bonds. The van der Waals surface area contributed by atoms with Gasteiger partial charge >= 0.3 is 11.9 Å². The number of hydrogen-bond donors (Lipinski definition) is 11.